The summed E-state index contributed by atoms with van der Waals surface area (Å²) in [5, 5.41) is 19.9. The van der Waals surface area contributed by atoms with Crippen LogP contribution in [0.2, 0.25) is 0 Å². The van der Waals surface area contributed by atoms with E-state index in [1.807, 2.05) is 12.2 Å². The zero-order chi connectivity index (χ0) is 25.3. The largest absolute Gasteiger partial charge is 0.274 e. The minimum atomic E-state index is 0.796. The first-order chi connectivity index (χ1) is 17.6. The van der Waals surface area contributed by atoms with Crippen molar-refractivity contribution in [2.24, 2.45) is 0 Å². The van der Waals surface area contributed by atoms with Crippen molar-refractivity contribution in [3.63, 3.8) is 0 Å². The van der Waals surface area contributed by atoms with E-state index in [9.17, 15) is 0 Å². The highest BCUT2D eigenvalue weighted by Crippen LogP contribution is 2.27. The Morgan fingerprint density at radius 2 is 1.08 bits per heavy atom. The Bertz CT molecular complexity index is 1220. The van der Waals surface area contributed by atoms with Crippen molar-refractivity contribution in [3.8, 4) is 11.4 Å². The van der Waals surface area contributed by atoms with E-state index in [0.29, 0.717) is 0 Å². The van der Waals surface area contributed by atoms with E-state index < -0.39 is 0 Å². The van der Waals surface area contributed by atoms with Gasteiger partial charge in [0, 0.05) is 24.3 Å². The van der Waals surface area contributed by atoms with Gasteiger partial charge in [-0.15, -0.1) is 33.6 Å². The third-order valence-electron chi connectivity index (χ3n) is 5.82. The number of aryl methyl sites for hydroxylation is 4. The number of benzene rings is 2. The summed E-state index contributed by atoms with van der Waals surface area (Å²) in [6.45, 7) is 11.9. The van der Waals surface area contributed by atoms with Crippen LogP contribution in [-0.2, 0) is 12.8 Å². The number of para-hydroxylation sites is 2. The zero-order valence-corrected chi connectivity index (χ0v) is 22.6. The van der Waals surface area contributed by atoms with Gasteiger partial charge in [0.1, 0.15) is 11.6 Å². The predicted molar refractivity (Wildman–Crippen MR) is 151 cm³/mol. The molecular formula is C28H32N6S2. The van der Waals surface area contributed by atoms with E-state index in [2.05, 4.69) is 105 Å². The van der Waals surface area contributed by atoms with Gasteiger partial charge in [-0.1, -0.05) is 72.1 Å². The highest BCUT2D eigenvalue weighted by Gasteiger charge is 2.17. The smallest absolute Gasteiger partial charge is 0.196 e. The van der Waals surface area contributed by atoms with Gasteiger partial charge in [0.25, 0.3) is 0 Å². The van der Waals surface area contributed by atoms with Crippen molar-refractivity contribution in [1.82, 2.24) is 29.5 Å². The summed E-state index contributed by atoms with van der Waals surface area (Å²) in [6.07, 6.45) is 7.43. The van der Waals surface area contributed by atoms with Gasteiger partial charge in [-0.3, -0.25) is 9.13 Å². The van der Waals surface area contributed by atoms with Crippen LogP contribution in [0.3, 0.4) is 0 Å². The fourth-order valence-electron chi connectivity index (χ4n) is 4.06. The molecule has 0 aliphatic carbocycles. The minimum Gasteiger partial charge on any atom is -0.274 e. The molecule has 2 aromatic heterocycles. The van der Waals surface area contributed by atoms with Crippen LogP contribution in [0.5, 0.6) is 0 Å². The number of rotatable bonds is 13. The van der Waals surface area contributed by atoms with E-state index in [-0.39, 0.29) is 0 Å². The summed E-state index contributed by atoms with van der Waals surface area (Å²) in [7, 11) is 0. The molecule has 0 aliphatic rings. The number of unbranched alkanes of at least 4 members (excludes halogenated alkanes) is 1. The maximum atomic E-state index is 4.56. The van der Waals surface area contributed by atoms with Crippen LogP contribution in [0.25, 0.3) is 11.4 Å². The van der Waals surface area contributed by atoms with Gasteiger partial charge in [-0.05, 0) is 49.9 Å². The SMILES string of the molecule is C=CCSc1nnc(CCCCc2nnc(SCC=C)n2-c2ccccc2C)n1-c1ccccc1C. The number of thioether (sulfide) groups is 2. The van der Waals surface area contributed by atoms with E-state index in [1.54, 1.807) is 23.5 Å². The van der Waals surface area contributed by atoms with Crippen molar-refractivity contribution in [2.75, 3.05) is 11.5 Å². The van der Waals surface area contributed by atoms with Crippen LogP contribution in [0.15, 0.2) is 84.2 Å². The second-order valence-corrected chi connectivity index (χ2v) is 10.4. The Hall–Kier alpha value is -3.10. The predicted octanol–water partition coefficient (Wildman–Crippen LogP) is 6.59. The number of hydrogen-bond acceptors (Lipinski definition) is 6. The van der Waals surface area contributed by atoms with Gasteiger partial charge >= 0.3 is 0 Å². The van der Waals surface area contributed by atoms with Crippen molar-refractivity contribution >= 4 is 23.5 Å². The quantitative estimate of drug-likeness (QED) is 0.114. The molecule has 4 rings (SSSR count). The lowest BCUT2D eigenvalue weighted by Crippen LogP contribution is -2.07. The number of hydrogen-bond donors (Lipinski definition) is 0. The lowest BCUT2D eigenvalue weighted by molar-refractivity contribution is 0.663. The van der Waals surface area contributed by atoms with Gasteiger partial charge in [0.2, 0.25) is 0 Å². The Balaban J connectivity index is 1.51. The molecule has 2 heterocycles. The molecular weight excluding hydrogens is 484 g/mol. The van der Waals surface area contributed by atoms with Crippen molar-refractivity contribution in [1.29, 1.82) is 0 Å². The molecule has 36 heavy (non-hydrogen) atoms. The number of aromatic nitrogens is 6. The second kappa shape index (κ2) is 12.7. The van der Waals surface area contributed by atoms with Crippen LogP contribution in [0.4, 0.5) is 0 Å². The Morgan fingerprint density at radius 1 is 0.667 bits per heavy atom. The highest BCUT2D eigenvalue weighted by atomic mass is 32.2. The molecule has 0 bridgehead atoms. The van der Waals surface area contributed by atoms with E-state index >= 15 is 0 Å². The molecule has 0 N–H and O–H groups in total. The maximum Gasteiger partial charge on any atom is 0.196 e. The highest BCUT2D eigenvalue weighted by molar-refractivity contribution is 7.99. The normalized spacial score (nSPS) is 11.1. The molecule has 8 heteroatoms. The molecule has 0 unspecified atom stereocenters. The number of nitrogens with zero attached hydrogens (tertiary/aromatic N) is 6. The topological polar surface area (TPSA) is 61.4 Å². The molecule has 6 nitrogen and oxygen atoms in total. The molecule has 186 valence electrons. The van der Waals surface area contributed by atoms with E-state index in [1.165, 1.54) is 11.1 Å². The fourth-order valence-corrected chi connectivity index (χ4v) is 5.45. The Morgan fingerprint density at radius 3 is 1.47 bits per heavy atom. The van der Waals surface area contributed by atoms with Crippen LogP contribution in [0.1, 0.15) is 35.6 Å². The van der Waals surface area contributed by atoms with Crippen LogP contribution >= 0.6 is 23.5 Å². The lowest BCUT2D eigenvalue weighted by Gasteiger charge is -2.13. The Kier molecular flexibility index (Phi) is 9.19. The Labute approximate surface area is 222 Å². The van der Waals surface area contributed by atoms with Gasteiger partial charge in [-0.2, -0.15) is 0 Å². The third kappa shape index (κ3) is 5.99. The third-order valence-corrected chi connectivity index (χ3v) is 7.67. The van der Waals surface area contributed by atoms with Gasteiger partial charge in [0.15, 0.2) is 10.3 Å². The van der Waals surface area contributed by atoms with E-state index in [4.69, 9.17) is 0 Å². The molecule has 4 aromatic rings. The summed E-state index contributed by atoms with van der Waals surface area (Å²) < 4.78 is 4.40. The molecule has 0 atom stereocenters. The van der Waals surface area contributed by atoms with Gasteiger partial charge in [-0.25, -0.2) is 0 Å². The molecule has 0 spiro atoms. The second-order valence-electron chi connectivity index (χ2n) is 8.45. The first-order valence-corrected chi connectivity index (χ1v) is 14.1. The van der Waals surface area contributed by atoms with Gasteiger partial charge < -0.3 is 0 Å². The first-order valence-electron chi connectivity index (χ1n) is 12.1. The average molecular weight is 517 g/mol. The average Bonchev–Trinajstić information content (AvgIpc) is 3.48. The lowest BCUT2D eigenvalue weighted by atomic mass is 10.1. The molecule has 0 radical (unpaired) electrons. The summed E-state index contributed by atoms with van der Waals surface area (Å²) in [6, 6.07) is 16.8. The molecule has 0 saturated heterocycles. The van der Waals surface area contributed by atoms with Crippen molar-refractivity contribution < 1.29 is 0 Å². The monoisotopic (exact) mass is 516 g/mol. The van der Waals surface area contributed by atoms with Crippen LogP contribution in [-0.4, -0.2) is 41.0 Å². The molecule has 0 amide bonds. The summed E-state index contributed by atoms with van der Waals surface area (Å²) >= 11 is 3.32. The zero-order valence-electron chi connectivity index (χ0n) is 20.9. The van der Waals surface area contributed by atoms with Crippen molar-refractivity contribution in [3.05, 3.63) is 96.6 Å². The fraction of sp³-hybridized carbons (Fsp3) is 0.286. The summed E-state index contributed by atoms with van der Waals surface area (Å²) in [4.78, 5) is 0. The maximum absolute atomic E-state index is 4.56. The molecule has 0 aliphatic heterocycles. The first kappa shape index (κ1) is 26.0. The minimum absolute atomic E-state index is 0.796. The summed E-state index contributed by atoms with van der Waals surface area (Å²) in [5.41, 5.74) is 4.67. The standard InChI is InChI=1S/C28H32N6S2/c1-5-19-35-27-31-29-25(33(27)23-15-9-7-13-21(23)3)17-11-12-18-26-30-32-28(36-20-6-2)34(26)24-16-10-8-14-22(24)4/h5-10,13-16H,1-2,11-12,17-20H2,3-4H3. The molecule has 0 saturated carbocycles. The van der Waals surface area contributed by atoms with Crippen LogP contribution < -0.4 is 0 Å². The van der Waals surface area contributed by atoms with Crippen molar-refractivity contribution in [2.45, 2.75) is 49.8 Å². The molecule has 2 aromatic carbocycles. The summed E-state index contributed by atoms with van der Waals surface area (Å²) in [5.74, 6) is 3.56. The van der Waals surface area contributed by atoms with E-state index in [0.717, 1.165) is 70.5 Å². The molecule has 0 fully saturated rings. The van der Waals surface area contributed by atoms with Crippen LogP contribution in [0, 0.1) is 13.8 Å². The van der Waals surface area contributed by atoms with Gasteiger partial charge in [0.05, 0.1) is 11.4 Å².